The summed E-state index contributed by atoms with van der Waals surface area (Å²) >= 11 is 0. The average Bonchev–Trinajstić information content (AvgIpc) is 3.45. The van der Waals surface area contributed by atoms with E-state index in [0.717, 1.165) is 67.4 Å². The van der Waals surface area contributed by atoms with Crippen molar-refractivity contribution in [1.29, 1.82) is 5.26 Å². The highest BCUT2D eigenvalue weighted by Crippen LogP contribution is 2.34. The van der Waals surface area contributed by atoms with Crippen molar-refractivity contribution in [3.63, 3.8) is 0 Å². The maximum atomic E-state index is 9.75. The van der Waals surface area contributed by atoms with Crippen molar-refractivity contribution in [3.8, 4) is 28.3 Å². The number of ether oxygens (including phenoxy) is 1. The molecule has 186 valence electrons. The summed E-state index contributed by atoms with van der Waals surface area (Å²) in [6.07, 6.45) is 7.76. The van der Waals surface area contributed by atoms with Gasteiger partial charge in [-0.25, -0.2) is 9.50 Å². The topological polar surface area (TPSA) is 114 Å². The van der Waals surface area contributed by atoms with Gasteiger partial charge in [-0.3, -0.25) is 9.58 Å². The lowest BCUT2D eigenvalue weighted by atomic mass is 10.0. The first kappa shape index (κ1) is 23.8. The molecule has 36 heavy (non-hydrogen) atoms. The van der Waals surface area contributed by atoms with E-state index < -0.39 is 0 Å². The standard InChI is InChI=1S/C26H31N9O/c1-18(2)36-11-10-33-6-8-34(9-7-33)24-5-4-19(14-29-24)22-12-20(21-15-30-32(3)16-21)17-35-25(22)23(13-27)26(28)31-35/h4-5,12,14-18H,6-11H2,1-3H3,(H2,28,31). The Bertz CT molecular complexity index is 1390. The van der Waals surface area contributed by atoms with Crippen LogP contribution in [-0.2, 0) is 11.8 Å². The molecule has 0 atom stereocenters. The smallest absolute Gasteiger partial charge is 0.164 e. The Morgan fingerprint density at radius 3 is 2.53 bits per heavy atom. The van der Waals surface area contributed by atoms with Crippen molar-refractivity contribution in [2.45, 2.75) is 20.0 Å². The largest absolute Gasteiger partial charge is 0.381 e. The van der Waals surface area contributed by atoms with E-state index in [1.165, 1.54) is 0 Å². The van der Waals surface area contributed by atoms with E-state index in [2.05, 4.69) is 46.0 Å². The van der Waals surface area contributed by atoms with Gasteiger partial charge < -0.3 is 15.4 Å². The Hall–Kier alpha value is -3.94. The number of aryl methyl sites for hydroxylation is 1. The molecule has 4 aromatic heterocycles. The molecule has 10 heteroatoms. The number of rotatable bonds is 7. The fraction of sp³-hybridized carbons (Fsp3) is 0.385. The van der Waals surface area contributed by atoms with Crippen molar-refractivity contribution >= 4 is 17.2 Å². The molecule has 1 saturated heterocycles. The first-order valence-corrected chi connectivity index (χ1v) is 12.2. The van der Waals surface area contributed by atoms with Crippen LogP contribution in [0.15, 0.2) is 43.0 Å². The lowest BCUT2D eigenvalue weighted by Crippen LogP contribution is -2.47. The summed E-state index contributed by atoms with van der Waals surface area (Å²) in [5.74, 6) is 1.16. The zero-order valence-corrected chi connectivity index (χ0v) is 20.9. The van der Waals surface area contributed by atoms with Crippen molar-refractivity contribution in [1.82, 2.24) is 29.3 Å². The summed E-state index contributed by atoms with van der Waals surface area (Å²) in [6.45, 7) is 9.67. The van der Waals surface area contributed by atoms with Crippen molar-refractivity contribution in [3.05, 3.63) is 48.5 Å². The second-order valence-electron chi connectivity index (χ2n) is 9.36. The van der Waals surface area contributed by atoms with Gasteiger partial charge in [0.15, 0.2) is 5.82 Å². The number of fused-ring (bicyclic) bond motifs is 1. The normalized spacial score (nSPS) is 14.6. The minimum Gasteiger partial charge on any atom is -0.381 e. The summed E-state index contributed by atoms with van der Waals surface area (Å²) in [6, 6.07) is 8.36. The van der Waals surface area contributed by atoms with Gasteiger partial charge in [-0.2, -0.15) is 10.4 Å². The number of piperazine rings is 1. The van der Waals surface area contributed by atoms with Crippen LogP contribution in [0.4, 0.5) is 11.6 Å². The minimum absolute atomic E-state index is 0.211. The number of anilines is 2. The van der Waals surface area contributed by atoms with E-state index in [4.69, 9.17) is 15.5 Å². The Morgan fingerprint density at radius 2 is 1.89 bits per heavy atom. The molecule has 0 unspecified atom stereocenters. The van der Waals surface area contributed by atoms with Crippen LogP contribution in [0.5, 0.6) is 0 Å². The first-order valence-electron chi connectivity index (χ1n) is 12.2. The molecule has 4 aromatic rings. The number of nitriles is 1. The van der Waals surface area contributed by atoms with E-state index >= 15 is 0 Å². The SMILES string of the molecule is CC(C)OCCN1CCN(c2ccc(-c3cc(-c4cnn(C)c4)cn4nc(N)c(C#N)c34)cn2)CC1. The predicted octanol–water partition coefficient (Wildman–Crippen LogP) is 2.80. The van der Waals surface area contributed by atoms with Crippen LogP contribution >= 0.6 is 0 Å². The zero-order valence-electron chi connectivity index (χ0n) is 20.9. The van der Waals surface area contributed by atoms with E-state index in [1.54, 1.807) is 15.4 Å². The number of nitrogen functional groups attached to an aromatic ring is 1. The summed E-state index contributed by atoms with van der Waals surface area (Å²) in [4.78, 5) is 9.53. The van der Waals surface area contributed by atoms with Gasteiger partial charge in [0.25, 0.3) is 0 Å². The Morgan fingerprint density at radius 1 is 1.08 bits per heavy atom. The quantitative estimate of drug-likeness (QED) is 0.425. The number of pyridine rings is 2. The number of hydrogen-bond donors (Lipinski definition) is 1. The van der Waals surface area contributed by atoms with Crippen molar-refractivity contribution in [2.24, 2.45) is 7.05 Å². The van der Waals surface area contributed by atoms with Gasteiger partial charge in [-0.1, -0.05) is 0 Å². The van der Waals surface area contributed by atoms with Crippen LogP contribution < -0.4 is 10.6 Å². The van der Waals surface area contributed by atoms with Gasteiger partial charge in [0.05, 0.1) is 24.4 Å². The first-order chi connectivity index (χ1) is 17.4. The number of nitrogens with zero attached hydrogens (tertiary/aromatic N) is 8. The molecular formula is C26H31N9O. The summed E-state index contributed by atoms with van der Waals surface area (Å²) in [7, 11) is 1.88. The lowest BCUT2D eigenvalue weighted by Gasteiger charge is -2.35. The monoisotopic (exact) mass is 485 g/mol. The fourth-order valence-corrected chi connectivity index (χ4v) is 4.61. The molecule has 2 N–H and O–H groups in total. The summed E-state index contributed by atoms with van der Waals surface area (Å²) < 4.78 is 9.13. The molecule has 0 amide bonds. The predicted molar refractivity (Wildman–Crippen MR) is 139 cm³/mol. The van der Waals surface area contributed by atoms with Gasteiger partial charge >= 0.3 is 0 Å². The molecule has 10 nitrogen and oxygen atoms in total. The molecule has 0 spiro atoms. The number of aromatic nitrogens is 5. The Balaban J connectivity index is 1.40. The van der Waals surface area contributed by atoms with E-state index in [-0.39, 0.29) is 11.9 Å². The number of nitrogens with two attached hydrogens (primary N) is 1. The fourth-order valence-electron chi connectivity index (χ4n) is 4.61. The van der Waals surface area contributed by atoms with Crippen LogP contribution in [0, 0.1) is 11.3 Å². The molecule has 0 bridgehead atoms. The van der Waals surface area contributed by atoms with Crippen LogP contribution in [0.25, 0.3) is 27.8 Å². The average molecular weight is 486 g/mol. The van der Waals surface area contributed by atoms with Gasteiger partial charge in [-0.05, 0) is 32.0 Å². The van der Waals surface area contributed by atoms with Crippen LogP contribution in [0.3, 0.4) is 0 Å². The van der Waals surface area contributed by atoms with E-state index in [0.29, 0.717) is 11.1 Å². The second-order valence-corrected chi connectivity index (χ2v) is 9.36. The Kier molecular flexibility index (Phi) is 6.59. The highest BCUT2D eigenvalue weighted by Gasteiger charge is 2.20. The second kappa shape index (κ2) is 9.97. The molecule has 0 radical (unpaired) electrons. The van der Waals surface area contributed by atoms with E-state index in [9.17, 15) is 5.26 Å². The Labute approximate surface area is 210 Å². The van der Waals surface area contributed by atoms with Crippen molar-refractivity contribution < 1.29 is 4.74 Å². The molecule has 5 rings (SSSR count). The van der Waals surface area contributed by atoms with Gasteiger partial charge in [0, 0.05) is 80.6 Å². The molecule has 1 fully saturated rings. The molecule has 0 aliphatic carbocycles. The molecule has 5 heterocycles. The third-order valence-electron chi connectivity index (χ3n) is 6.52. The minimum atomic E-state index is 0.211. The highest BCUT2D eigenvalue weighted by atomic mass is 16.5. The van der Waals surface area contributed by atoms with E-state index in [1.807, 2.05) is 37.8 Å². The van der Waals surface area contributed by atoms with Crippen LogP contribution in [0.1, 0.15) is 19.4 Å². The summed E-state index contributed by atoms with van der Waals surface area (Å²) in [5.41, 5.74) is 10.8. The third-order valence-corrected chi connectivity index (χ3v) is 6.52. The van der Waals surface area contributed by atoms with Crippen molar-refractivity contribution in [2.75, 3.05) is 50.0 Å². The van der Waals surface area contributed by atoms with Crippen LogP contribution in [-0.4, -0.2) is 74.7 Å². The molecule has 1 aliphatic heterocycles. The maximum absolute atomic E-state index is 9.75. The maximum Gasteiger partial charge on any atom is 0.164 e. The third kappa shape index (κ3) is 4.76. The molecular weight excluding hydrogens is 454 g/mol. The van der Waals surface area contributed by atoms with Gasteiger partial charge in [0.1, 0.15) is 17.5 Å². The van der Waals surface area contributed by atoms with Gasteiger partial charge in [0.2, 0.25) is 0 Å². The highest BCUT2D eigenvalue weighted by molar-refractivity contribution is 5.90. The zero-order chi connectivity index (χ0) is 25.2. The van der Waals surface area contributed by atoms with Crippen LogP contribution in [0.2, 0.25) is 0 Å². The number of hydrogen-bond acceptors (Lipinski definition) is 8. The lowest BCUT2D eigenvalue weighted by molar-refractivity contribution is 0.0578. The van der Waals surface area contributed by atoms with Gasteiger partial charge in [-0.15, -0.1) is 5.10 Å². The molecule has 1 aliphatic rings. The molecule has 0 aromatic carbocycles. The summed E-state index contributed by atoms with van der Waals surface area (Å²) in [5, 5.41) is 18.4. The molecule has 0 saturated carbocycles.